The molecule has 6 heteroatoms. The van der Waals surface area contributed by atoms with Gasteiger partial charge in [0.1, 0.15) is 6.04 Å². The summed E-state index contributed by atoms with van der Waals surface area (Å²) >= 11 is 6.10. The van der Waals surface area contributed by atoms with Gasteiger partial charge in [-0.2, -0.15) is 0 Å². The van der Waals surface area contributed by atoms with Crippen molar-refractivity contribution in [1.82, 2.24) is 4.90 Å². The summed E-state index contributed by atoms with van der Waals surface area (Å²) in [5, 5.41) is 0.612. The van der Waals surface area contributed by atoms with Crippen molar-refractivity contribution in [3.05, 3.63) is 101 Å². The van der Waals surface area contributed by atoms with E-state index in [9.17, 15) is 14.4 Å². The summed E-state index contributed by atoms with van der Waals surface area (Å²) in [5.74, 6) is -0.962. The Balaban J connectivity index is 1.63. The summed E-state index contributed by atoms with van der Waals surface area (Å²) in [7, 11) is 0. The van der Waals surface area contributed by atoms with E-state index in [2.05, 4.69) is 0 Å². The Hall–Kier alpha value is -3.44. The average molecular weight is 447 g/mol. The molecule has 0 bridgehead atoms. The number of rotatable bonds is 6. The molecule has 4 rings (SSSR count). The predicted octanol–water partition coefficient (Wildman–Crippen LogP) is 4.67. The number of hydrogen-bond acceptors (Lipinski definition) is 3. The van der Waals surface area contributed by atoms with Gasteiger partial charge in [0.25, 0.3) is 11.8 Å². The molecule has 3 aromatic carbocycles. The molecule has 0 saturated carbocycles. The number of halogens is 1. The summed E-state index contributed by atoms with van der Waals surface area (Å²) < 4.78 is 0. The third-order valence-corrected chi connectivity index (χ3v) is 5.84. The smallest absolute Gasteiger partial charge is 0.257 e. The summed E-state index contributed by atoms with van der Waals surface area (Å²) in [6.07, 6.45) is 0.475. The maximum Gasteiger partial charge on any atom is 0.257 e. The van der Waals surface area contributed by atoms with Gasteiger partial charge >= 0.3 is 0 Å². The maximum absolute atomic E-state index is 13.4. The van der Waals surface area contributed by atoms with Gasteiger partial charge in [0.05, 0.1) is 12.1 Å². The largest absolute Gasteiger partial charge is 0.326 e. The fourth-order valence-electron chi connectivity index (χ4n) is 3.91. The molecule has 0 aromatic heterocycles. The zero-order valence-corrected chi connectivity index (χ0v) is 18.5. The van der Waals surface area contributed by atoms with Crippen LogP contribution in [0.25, 0.3) is 0 Å². The first kappa shape index (κ1) is 21.8. The van der Waals surface area contributed by atoms with Gasteiger partial charge in [-0.1, -0.05) is 59.6 Å². The number of para-hydroxylation sites is 1. The number of aryl methyl sites for hydroxylation is 1. The van der Waals surface area contributed by atoms with Crippen LogP contribution in [0.3, 0.4) is 0 Å². The SMILES string of the molecule is Cc1ccc(C(=O)N(CCc2cccc(Cl)c2)C2CC(=O)N(c3ccccc3)C2=O)cc1. The van der Waals surface area contributed by atoms with Crippen LogP contribution in [0.2, 0.25) is 5.02 Å². The lowest BCUT2D eigenvalue weighted by Gasteiger charge is -2.28. The van der Waals surface area contributed by atoms with Crippen molar-refractivity contribution in [3.63, 3.8) is 0 Å². The minimum Gasteiger partial charge on any atom is -0.326 e. The van der Waals surface area contributed by atoms with Crippen LogP contribution in [0, 0.1) is 6.92 Å². The molecule has 3 amide bonds. The van der Waals surface area contributed by atoms with Crippen LogP contribution in [0.15, 0.2) is 78.9 Å². The second-order valence-corrected chi connectivity index (χ2v) is 8.30. The third kappa shape index (κ3) is 4.58. The predicted molar refractivity (Wildman–Crippen MR) is 125 cm³/mol. The Morgan fingerprint density at radius 2 is 1.72 bits per heavy atom. The summed E-state index contributed by atoms with van der Waals surface area (Å²) in [5.41, 5.74) is 2.99. The molecule has 162 valence electrons. The molecule has 1 fully saturated rings. The lowest BCUT2D eigenvalue weighted by molar-refractivity contribution is -0.122. The van der Waals surface area contributed by atoms with Gasteiger partial charge in [-0.15, -0.1) is 0 Å². The van der Waals surface area contributed by atoms with Crippen LogP contribution in [-0.4, -0.2) is 35.2 Å². The minimum atomic E-state index is -0.851. The van der Waals surface area contributed by atoms with Crippen LogP contribution in [-0.2, 0) is 16.0 Å². The number of carbonyl (C=O) groups is 3. The molecule has 3 aromatic rings. The monoisotopic (exact) mass is 446 g/mol. The highest BCUT2D eigenvalue weighted by Crippen LogP contribution is 2.27. The lowest BCUT2D eigenvalue weighted by atomic mass is 10.1. The Morgan fingerprint density at radius 1 is 1.00 bits per heavy atom. The highest BCUT2D eigenvalue weighted by Gasteiger charge is 2.44. The van der Waals surface area contributed by atoms with Crippen LogP contribution < -0.4 is 4.90 Å². The molecule has 1 unspecified atom stereocenters. The highest BCUT2D eigenvalue weighted by molar-refractivity contribution is 6.30. The molecular weight excluding hydrogens is 424 g/mol. The van der Waals surface area contributed by atoms with Crippen LogP contribution in [0.4, 0.5) is 5.69 Å². The first-order chi connectivity index (χ1) is 15.4. The molecule has 1 atom stereocenters. The zero-order valence-electron chi connectivity index (χ0n) is 17.7. The van der Waals surface area contributed by atoms with E-state index in [1.165, 1.54) is 9.80 Å². The van der Waals surface area contributed by atoms with Crippen LogP contribution >= 0.6 is 11.6 Å². The summed E-state index contributed by atoms with van der Waals surface area (Å²) in [4.78, 5) is 42.2. The van der Waals surface area contributed by atoms with E-state index in [0.29, 0.717) is 29.2 Å². The fraction of sp³-hybridized carbons (Fsp3) is 0.192. The maximum atomic E-state index is 13.4. The zero-order chi connectivity index (χ0) is 22.7. The van der Waals surface area contributed by atoms with Gasteiger partial charge in [0.15, 0.2) is 0 Å². The van der Waals surface area contributed by atoms with Crippen molar-refractivity contribution in [1.29, 1.82) is 0 Å². The molecule has 0 aliphatic carbocycles. The van der Waals surface area contributed by atoms with E-state index in [-0.39, 0.29) is 24.1 Å². The number of imide groups is 1. The van der Waals surface area contributed by atoms with E-state index in [0.717, 1.165) is 11.1 Å². The Morgan fingerprint density at radius 3 is 2.41 bits per heavy atom. The van der Waals surface area contributed by atoms with Gasteiger partial charge < -0.3 is 4.90 Å². The van der Waals surface area contributed by atoms with Crippen molar-refractivity contribution in [2.45, 2.75) is 25.8 Å². The fourth-order valence-corrected chi connectivity index (χ4v) is 4.12. The third-order valence-electron chi connectivity index (χ3n) is 5.60. The number of anilines is 1. The van der Waals surface area contributed by atoms with Crippen molar-refractivity contribution in [3.8, 4) is 0 Å². The molecule has 0 radical (unpaired) electrons. The first-order valence-electron chi connectivity index (χ1n) is 10.5. The molecular formula is C26H23ClN2O3. The first-order valence-corrected chi connectivity index (χ1v) is 10.9. The molecule has 5 nitrogen and oxygen atoms in total. The molecule has 1 heterocycles. The average Bonchev–Trinajstić information content (AvgIpc) is 3.08. The molecule has 0 N–H and O–H groups in total. The molecule has 32 heavy (non-hydrogen) atoms. The Bertz CT molecular complexity index is 1150. The number of carbonyl (C=O) groups excluding carboxylic acids is 3. The molecule has 0 spiro atoms. The molecule has 1 aliphatic rings. The summed E-state index contributed by atoms with van der Waals surface area (Å²) in [6, 6.07) is 22.6. The van der Waals surface area contributed by atoms with Crippen LogP contribution in [0.5, 0.6) is 0 Å². The van der Waals surface area contributed by atoms with E-state index in [1.807, 2.05) is 43.3 Å². The van der Waals surface area contributed by atoms with Gasteiger partial charge in [-0.05, 0) is 55.3 Å². The van der Waals surface area contributed by atoms with Gasteiger partial charge in [-0.25, -0.2) is 4.90 Å². The lowest BCUT2D eigenvalue weighted by Crippen LogP contribution is -2.46. The standard InChI is InChI=1S/C26H23ClN2O3/c1-18-10-12-20(13-11-18)25(31)28(15-14-19-6-5-7-21(27)16-19)23-17-24(30)29(26(23)32)22-8-3-2-4-9-22/h2-13,16,23H,14-15,17H2,1H3. The van der Waals surface area contributed by atoms with Gasteiger partial charge in [0, 0.05) is 17.1 Å². The number of nitrogens with zero attached hydrogens (tertiary/aromatic N) is 2. The number of benzene rings is 3. The molecule has 1 aliphatic heterocycles. The number of hydrogen-bond donors (Lipinski definition) is 0. The Kier molecular flexibility index (Phi) is 6.37. The van der Waals surface area contributed by atoms with Gasteiger partial charge in [-0.3, -0.25) is 14.4 Å². The van der Waals surface area contributed by atoms with Crippen molar-refractivity contribution in [2.24, 2.45) is 0 Å². The van der Waals surface area contributed by atoms with Crippen molar-refractivity contribution in [2.75, 3.05) is 11.4 Å². The number of amides is 3. The minimum absolute atomic E-state index is 0.0408. The van der Waals surface area contributed by atoms with Crippen molar-refractivity contribution < 1.29 is 14.4 Å². The van der Waals surface area contributed by atoms with E-state index < -0.39 is 6.04 Å². The second-order valence-electron chi connectivity index (χ2n) is 7.87. The Labute approximate surface area is 192 Å². The van der Waals surface area contributed by atoms with E-state index in [1.54, 1.807) is 42.5 Å². The van der Waals surface area contributed by atoms with Crippen molar-refractivity contribution >= 4 is 35.0 Å². The normalized spacial score (nSPS) is 15.8. The van der Waals surface area contributed by atoms with Gasteiger partial charge in [0.2, 0.25) is 5.91 Å². The van der Waals surface area contributed by atoms with E-state index in [4.69, 9.17) is 11.6 Å². The topological polar surface area (TPSA) is 57.7 Å². The highest BCUT2D eigenvalue weighted by atomic mass is 35.5. The second kappa shape index (κ2) is 9.37. The van der Waals surface area contributed by atoms with Crippen LogP contribution in [0.1, 0.15) is 27.9 Å². The quantitative estimate of drug-likeness (QED) is 0.517. The molecule has 1 saturated heterocycles. The van der Waals surface area contributed by atoms with E-state index >= 15 is 0 Å². The summed E-state index contributed by atoms with van der Waals surface area (Å²) in [6.45, 7) is 2.24.